The van der Waals surface area contributed by atoms with E-state index < -0.39 is 5.91 Å². The van der Waals surface area contributed by atoms with Gasteiger partial charge in [0.25, 0.3) is 5.91 Å². The number of pyridine rings is 1. The van der Waals surface area contributed by atoms with Crippen molar-refractivity contribution in [2.45, 2.75) is 13.0 Å². The number of hydrogen-bond acceptors (Lipinski definition) is 4. The lowest BCUT2D eigenvalue weighted by molar-refractivity contribution is 0.0912. The zero-order valence-corrected chi connectivity index (χ0v) is 11.9. The van der Waals surface area contributed by atoms with Crippen molar-refractivity contribution >= 4 is 16.9 Å². The van der Waals surface area contributed by atoms with Crippen LogP contribution in [-0.2, 0) is 0 Å². The number of nitrogens with zero attached hydrogens (tertiary/aromatic N) is 1. The Balaban J connectivity index is 1.88. The van der Waals surface area contributed by atoms with Crippen LogP contribution in [0.1, 0.15) is 29.1 Å². The number of rotatable bonds is 3. The van der Waals surface area contributed by atoms with E-state index >= 15 is 0 Å². The van der Waals surface area contributed by atoms with Crippen LogP contribution in [0.2, 0.25) is 0 Å². The van der Waals surface area contributed by atoms with Crippen LogP contribution < -0.4 is 10.7 Å². The summed E-state index contributed by atoms with van der Waals surface area (Å²) >= 11 is 0. The Morgan fingerprint density at radius 3 is 2.68 bits per heavy atom. The Kier molecular flexibility index (Phi) is 3.70. The van der Waals surface area contributed by atoms with Crippen LogP contribution >= 0.6 is 0 Å². The van der Waals surface area contributed by atoms with Gasteiger partial charge in [-0.1, -0.05) is 12.1 Å². The van der Waals surface area contributed by atoms with E-state index in [1.165, 1.54) is 6.07 Å². The van der Waals surface area contributed by atoms with Gasteiger partial charge in [-0.3, -0.25) is 14.6 Å². The van der Waals surface area contributed by atoms with Gasteiger partial charge in [-0.25, -0.2) is 0 Å². The number of amides is 1. The lowest BCUT2D eigenvalue weighted by Crippen LogP contribution is -2.27. The molecule has 0 saturated carbocycles. The van der Waals surface area contributed by atoms with Crippen molar-refractivity contribution in [1.82, 2.24) is 10.3 Å². The first-order valence-corrected chi connectivity index (χ1v) is 6.89. The van der Waals surface area contributed by atoms with Crippen LogP contribution in [0.4, 0.5) is 0 Å². The third kappa shape index (κ3) is 2.74. The second-order valence-electron chi connectivity index (χ2n) is 4.95. The molecule has 1 atom stereocenters. The predicted octanol–water partition coefficient (Wildman–Crippen LogP) is 2.68. The fraction of sp³-hybridized carbons (Fsp3) is 0.118. The highest BCUT2D eigenvalue weighted by molar-refractivity contribution is 5.93. The van der Waals surface area contributed by atoms with E-state index in [1.807, 2.05) is 19.1 Å². The average molecular weight is 294 g/mol. The number of carbonyl (C=O) groups is 1. The molecule has 0 aliphatic carbocycles. The minimum atomic E-state index is -0.424. The van der Waals surface area contributed by atoms with Crippen molar-refractivity contribution in [3.63, 3.8) is 0 Å². The largest absolute Gasteiger partial charge is 0.451 e. The number of nitrogens with one attached hydrogen (secondary N) is 1. The molecule has 0 radical (unpaired) electrons. The van der Waals surface area contributed by atoms with Crippen molar-refractivity contribution in [1.29, 1.82) is 0 Å². The van der Waals surface area contributed by atoms with Gasteiger partial charge in [0, 0.05) is 18.5 Å². The molecular formula is C17H14N2O3. The molecule has 5 nitrogen and oxygen atoms in total. The molecule has 110 valence electrons. The van der Waals surface area contributed by atoms with Crippen molar-refractivity contribution in [3.05, 3.63) is 76.4 Å². The van der Waals surface area contributed by atoms with Crippen LogP contribution in [0.25, 0.3) is 11.0 Å². The van der Waals surface area contributed by atoms with E-state index in [4.69, 9.17) is 4.42 Å². The summed E-state index contributed by atoms with van der Waals surface area (Å²) in [5.41, 5.74) is 1.09. The van der Waals surface area contributed by atoms with Gasteiger partial charge < -0.3 is 9.73 Å². The smallest absolute Gasteiger partial charge is 0.287 e. The molecule has 3 rings (SSSR count). The van der Waals surface area contributed by atoms with Gasteiger partial charge in [0.1, 0.15) is 5.58 Å². The van der Waals surface area contributed by atoms with E-state index in [0.29, 0.717) is 11.0 Å². The van der Waals surface area contributed by atoms with E-state index in [9.17, 15) is 9.59 Å². The molecule has 2 heterocycles. The highest BCUT2D eigenvalue weighted by atomic mass is 16.3. The first-order chi connectivity index (χ1) is 10.6. The third-order valence-corrected chi connectivity index (χ3v) is 3.41. The van der Waals surface area contributed by atoms with Crippen LogP contribution in [0, 0.1) is 0 Å². The highest BCUT2D eigenvalue weighted by Gasteiger charge is 2.15. The van der Waals surface area contributed by atoms with Gasteiger partial charge in [0.2, 0.25) is 0 Å². The minimum Gasteiger partial charge on any atom is -0.451 e. The van der Waals surface area contributed by atoms with Crippen LogP contribution in [0.5, 0.6) is 0 Å². The standard InChI is InChI=1S/C17H14N2O3/c1-11(12-6-8-18-9-7-12)19-17(21)16-10-14(20)13-4-2-3-5-15(13)22-16/h2-11H,1H3,(H,19,21). The van der Waals surface area contributed by atoms with Gasteiger partial charge >= 0.3 is 0 Å². The molecular weight excluding hydrogens is 280 g/mol. The molecule has 0 bridgehead atoms. The zero-order valence-electron chi connectivity index (χ0n) is 11.9. The number of hydrogen-bond donors (Lipinski definition) is 1. The predicted molar refractivity (Wildman–Crippen MR) is 82.6 cm³/mol. The summed E-state index contributed by atoms with van der Waals surface area (Å²) in [4.78, 5) is 28.2. The fourth-order valence-electron chi connectivity index (χ4n) is 2.22. The quantitative estimate of drug-likeness (QED) is 0.806. The van der Waals surface area contributed by atoms with Crippen molar-refractivity contribution in [2.24, 2.45) is 0 Å². The maximum absolute atomic E-state index is 12.3. The van der Waals surface area contributed by atoms with Gasteiger partial charge in [-0.05, 0) is 36.8 Å². The zero-order chi connectivity index (χ0) is 15.5. The molecule has 1 aromatic carbocycles. The second kappa shape index (κ2) is 5.81. The number of para-hydroxylation sites is 1. The number of benzene rings is 1. The van der Waals surface area contributed by atoms with Crippen LogP contribution in [0.15, 0.2) is 64.1 Å². The molecule has 2 aromatic heterocycles. The number of carbonyl (C=O) groups excluding carboxylic acids is 1. The monoisotopic (exact) mass is 294 g/mol. The Morgan fingerprint density at radius 1 is 1.18 bits per heavy atom. The molecule has 1 amide bonds. The van der Waals surface area contributed by atoms with Gasteiger partial charge in [-0.2, -0.15) is 0 Å². The van der Waals surface area contributed by atoms with Gasteiger partial charge in [0.05, 0.1) is 11.4 Å². The van der Waals surface area contributed by atoms with E-state index in [1.54, 1.807) is 36.7 Å². The summed E-state index contributed by atoms with van der Waals surface area (Å²) in [6.07, 6.45) is 3.32. The fourth-order valence-corrected chi connectivity index (χ4v) is 2.22. The summed E-state index contributed by atoms with van der Waals surface area (Å²) in [6.45, 7) is 1.85. The Labute approximate surface area is 126 Å². The van der Waals surface area contributed by atoms with Crippen molar-refractivity contribution in [3.8, 4) is 0 Å². The summed E-state index contributed by atoms with van der Waals surface area (Å²) in [6, 6.07) is 11.5. The second-order valence-corrected chi connectivity index (χ2v) is 4.95. The van der Waals surface area contributed by atoms with Crippen molar-refractivity contribution < 1.29 is 9.21 Å². The van der Waals surface area contributed by atoms with Crippen LogP contribution in [-0.4, -0.2) is 10.9 Å². The number of fused-ring (bicyclic) bond motifs is 1. The molecule has 0 aliphatic rings. The first-order valence-electron chi connectivity index (χ1n) is 6.89. The summed E-state index contributed by atoms with van der Waals surface area (Å²) in [5, 5.41) is 3.26. The maximum atomic E-state index is 12.3. The van der Waals surface area contributed by atoms with Crippen LogP contribution in [0.3, 0.4) is 0 Å². The molecule has 1 unspecified atom stereocenters. The van der Waals surface area contributed by atoms with Gasteiger partial charge in [0.15, 0.2) is 11.2 Å². The molecule has 0 spiro atoms. The molecule has 5 heteroatoms. The van der Waals surface area contributed by atoms with E-state index in [-0.39, 0.29) is 17.2 Å². The summed E-state index contributed by atoms with van der Waals surface area (Å²) < 4.78 is 5.52. The topological polar surface area (TPSA) is 72.2 Å². The molecule has 0 fully saturated rings. The summed E-state index contributed by atoms with van der Waals surface area (Å²) in [7, 11) is 0. The van der Waals surface area contributed by atoms with E-state index in [0.717, 1.165) is 5.56 Å². The molecule has 0 saturated heterocycles. The first kappa shape index (κ1) is 14.0. The average Bonchev–Trinajstić information content (AvgIpc) is 2.55. The molecule has 1 N–H and O–H groups in total. The Morgan fingerprint density at radius 2 is 1.91 bits per heavy atom. The van der Waals surface area contributed by atoms with Gasteiger partial charge in [-0.15, -0.1) is 0 Å². The Bertz CT molecular complexity index is 872. The third-order valence-electron chi connectivity index (χ3n) is 3.41. The summed E-state index contributed by atoms with van der Waals surface area (Å²) in [5.74, 6) is -0.420. The normalized spacial score (nSPS) is 12.0. The highest BCUT2D eigenvalue weighted by Crippen LogP contribution is 2.14. The molecule has 0 aliphatic heterocycles. The minimum absolute atomic E-state index is 0.00426. The molecule has 3 aromatic rings. The maximum Gasteiger partial charge on any atom is 0.287 e. The lowest BCUT2D eigenvalue weighted by atomic mass is 10.1. The molecule has 22 heavy (non-hydrogen) atoms. The van der Waals surface area contributed by atoms with E-state index in [2.05, 4.69) is 10.3 Å². The van der Waals surface area contributed by atoms with Crippen molar-refractivity contribution in [2.75, 3.05) is 0 Å². The SMILES string of the molecule is CC(NC(=O)c1cc(=O)c2ccccc2o1)c1ccncc1. The number of aromatic nitrogens is 1. The lowest BCUT2D eigenvalue weighted by Gasteiger charge is -2.13. The Hall–Kier alpha value is -2.95.